The van der Waals surface area contributed by atoms with Crippen LogP contribution in [0.4, 0.5) is 0 Å². The molecule has 1 atom stereocenters. The first-order valence-electron chi connectivity index (χ1n) is 3.37. The maximum Gasteiger partial charge on any atom is 0.130 e. The molecule has 0 saturated carbocycles. The third kappa shape index (κ3) is 1.64. The molecule has 0 spiro atoms. The van der Waals surface area contributed by atoms with Gasteiger partial charge in [0.15, 0.2) is 0 Å². The summed E-state index contributed by atoms with van der Waals surface area (Å²) < 4.78 is 0. The molecule has 0 aromatic rings. The highest BCUT2D eigenvalue weighted by molar-refractivity contribution is 4.67. The van der Waals surface area contributed by atoms with E-state index in [4.69, 9.17) is 10.2 Å². The minimum absolute atomic E-state index is 0.139. The van der Waals surface area contributed by atoms with Crippen molar-refractivity contribution in [1.29, 1.82) is 0 Å². The van der Waals surface area contributed by atoms with Crippen LogP contribution >= 0.6 is 0 Å². The summed E-state index contributed by atoms with van der Waals surface area (Å²) in [6.07, 6.45) is 1.68. The van der Waals surface area contributed by atoms with Gasteiger partial charge in [0, 0.05) is 13.1 Å². The summed E-state index contributed by atoms with van der Waals surface area (Å²) in [6.45, 7) is 1.73. The number of hydrogen-bond donors (Lipinski definition) is 2. The van der Waals surface area contributed by atoms with Gasteiger partial charge >= 0.3 is 0 Å². The normalized spacial score (nSPS) is 24.7. The number of hydrogen-bond acceptors (Lipinski definition) is 3. The lowest BCUT2D eigenvalue weighted by Gasteiger charge is -2.19. The molecule has 3 heteroatoms. The first-order valence-corrected chi connectivity index (χ1v) is 3.37. The molecule has 1 aliphatic heterocycles. The van der Waals surface area contributed by atoms with Crippen molar-refractivity contribution in [3.05, 3.63) is 0 Å². The van der Waals surface area contributed by atoms with E-state index < -0.39 is 6.23 Å². The molecule has 1 heterocycles. The van der Waals surface area contributed by atoms with Crippen LogP contribution in [0.5, 0.6) is 0 Å². The molecule has 0 aromatic carbocycles. The van der Waals surface area contributed by atoms with Crippen LogP contribution in [0, 0.1) is 0 Å². The Kier molecular flexibility index (Phi) is 2.45. The van der Waals surface area contributed by atoms with Gasteiger partial charge in [0.05, 0.1) is 6.61 Å². The fourth-order valence-electron chi connectivity index (χ4n) is 1.16. The highest BCUT2D eigenvalue weighted by Gasteiger charge is 2.17. The van der Waals surface area contributed by atoms with Crippen LogP contribution in [-0.4, -0.2) is 41.0 Å². The Labute approximate surface area is 54.9 Å². The zero-order chi connectivity index (χ0) is 6.69. The first-order chi connectivity index (χ1) is 4.34. The van der Waals surface area contributed by atoms with Crippen LogP contribution in [0.1, 0.15) is 12.8 Å². The number of rotatable bonds is 2. The van der Waals surface area contributed by atoms with Gasteiger partial charge in [0.1, 0.15) is 6.23 Å². The van der Waals surface area contributed by atoms with Crippen LogP contribution in [0.3, 0.4) is 0 Å². The minimum atomic E-state index is -0.618. The average Bonchev–Trinajstić information content (AvgIpc) is 2.37. The van der Waals surface area contributed by atoms with Gasteiger partial charge in [-0.15, -0.1) is 0 Å². The quantitative estimate of drug-likeness (QED) is 0.525. The Morgan fingerprint density at radius 3 is 2.33 bits per heavy atom. The highest BCUT2D eigenvalue weighted by Crippen LogP contribution is 2.08. The van der Waals surface area contributed by atoms with Crippen molar-refractivity contribution in [2.24, 2.45) is 0 Å². The van der Waals surface area contributed by atoms with Crippen molar-refractivity contribution in [3.8, 4) is 0 Å². The maximum atomic E-state index is 9.03. The van der Waals surface area contributed by atoms with Crippen LogP contribution < -0.4 is 0 Å². The van der Waals surface area contributed by atoms with Crippen molar-refractivity contribution >= 4 is 0 Å². The lowest BCUT2D eigenvalue weighted by Crippen LogP contribution is -2.35. The van der Waals surface area contributed by atoms with Gasteiger partial charge in [-0.2, -0.15) is 0 Å². The summed E-state index contributed by atoms with van der Waals surface area (Å²) in [7, 11) is 0. The molecule has 1 rings (SSSR count). The third-order valence-corrected chi connectivity index (χ3v) is 1.73. The van der Waals surface area contributed by atoms with Gasteiger partial charge in [-0.1, -0.05) is 0 Å². The molecule has 2 N–H and O–H groups in total. The van der Waals surface area contributed by atoms with Crippen molar-refractivity contribution in [2.75, 3.05) is 19.7 Å². The second-order valence-electron chi connectivity index (χ2n) is 2.41. The van der Waals surface area contributed by atoms with Gasteiger partial charge in [-0.05, 0) is 12.8 Å². The third-order valence-electron chi connectivity index (χ3n) is 1.73. The zero-order valence-electron chi connectivity index (χ0n) is 5.45. The molecule has 0 aromatic heterocycles. The van der Waals surface area contributed by atoms with Gasteiger partial charge in [-0.3, -0.25) is 4.90 Å². The molecule has 1 aliphatic rings. The number of aliphatic hydroxyl groups excluding tert-OH is 2. The van der Waals surface area contributed by atoms with E-state index >= 15 is 0 Å². The molecule has 0 radical (unpaired) electrons. The molecule has 0 aliphatic carbocycles. The molecule has 0 bridgehead atoms. The molecule has 0 amide bonds. The van der Waals surface area contributed by atoms with E-state index in [-0.39, 0.29) is 6.61 Å². The predicted molar refractivity (Wildman–Crippen MR) is 33.9 cm³/mol. The van der Waals surface area contributed by atoms with E-state index in [1.807, 2.05) is 4.90 Å². The molecular formula is C6H13NO2. The molecular weight excluding hydrogens is 118 g/mol. The van der Waals surface area contributed by atoms with Gasteiger partial charge < -0.3 is 10.2 Å². The van der Waals surface area contributed by atoms with Crippen LogP contribution in [0.2, 0.25) is 0 Å². The number of nitrogens with zero attached hydrogens (tertiary/aromatic N) is 1. The van der Waals surface area contributed by atoms with E-state index in [0.29, 0.717) is 0 Å². The van der Waals surface area contributed by atoms with Crippen molar-refractivity contribution < 1.29 is 10.2 Å². The number of aliphatic hydroxyl groups is 2. The Bertz CT molecular complexity index is 81.1. The van der Waals surface area contributed by atoms with Gasteiger partial charge in [0.2, 0.25) is 0 Å². The second-order valence-corrected chi connectivity index (χ2v) is 2.41. The Morgan fingerprint density at radius 2 is 1.89 bits per heavy atom. The zero-order valence-corrected chi connectivity index (χ0v) is 5.45. The Hall–Kier alpha value is -0.120. The maximum absolute atomic E-state index is 9.03. The summed E-state index contributed by atoms with van der Waals surface area (Å²) in [5, 5.41) is 17.5. The lowest BCUT2D eigenvalue weighted by atomic mass is 10.4. The molecule has 1 fully saturated rings. The molecule has 0 unspecified atom stereocenters. The van der Waals surface area contributed by atoms with Gasteiger partial charge in [-0.25, -0.2) is 0 Å². The summed E-state index contributed by atoms with van der Waals surface area (Å²) in [5.74, 6) is 0. The second kappa shape index (κ2) is 3.15. The van der Waals surface area contributed by atoms with Gasteiger partial charge in [0.25, 0.3) is 0 Å². The first kappa shape index (κ1) is 6.99. The Morgan fingerprint density at radius 1 is 1.33 bits per heavy atom. The standard InChI is InChI=1S/C6H13NO2/c8-5-6(9)7-3-1-2-4-7/h6,8-9H,1-5H2/t6-/m0/s1. The van der Waals surface area contributed by atoms with Crippen LogP contribution in [-0.2, 0) is 0 Å². The van der Waals surface area contributed by atoms with Crippen molar-refractivity contribution in [1.82, 2.24) is 4.90 Å². The van der Waals surface area contributed by atoms with Crippen LogP contribution in [0.15, 0.2) is 0 Å². The predicted octanol–water partition coefficient (Wildman–Crippen LogP) is -0.607. The van der Waals surface area contributed by atoms with Crippen LogP contribution in [0.25, 0.3) is 0 Å². The topological polar surface area (TPSA) is 43.7 Å². The lowest BCUT2D eigenvalue weighted by molar-refractivity contribution is -0.0217. The van der Waals surface area contributed by atoms with E-state index in [2.05, 4.69) is 0 Å². The van der Waals surface area contributed by atoms with Crippen molar-refractivity contribution in [2.45, 2.75) is 19.1 Å². The molecule has 1 saturated heterocycles. The summed E-state index contributed by atoms with van der Waals surface area (Å²) in [4.78, 5) is 1.89. The molecule has 54 valence electrons. The largest absolute Gasteiger partial charge is 0.392 e. The Balaban J connectivity index is 2.24. The fraction of sp³-hybridized carbons (Fsp3) is 1.00. The minimum Gasteiger partial charge on any atom is -0.392 e. The molecule has 9 heavy (non-hydrogen) atoms. The van der Waals surface area contributed by atoms with E-state index in [1.165, 1.54) is 0 Å². The molecule has 3 nitrogen and oxygen atoms in total. The monoisotopic (exact) mass is 131 g/mol. The summed E-state index contributed by atoms with van der Waals surface area (Å²) in [6, 6.07) is 0. The van der Waals surface area contributed by atoms with Crippen molar-refractivity contribution in [3.63, 3.8) is 0 Å². The van der Waals surface area contributed by atoms with E-state index in [9.17, 15) is 0 Å². The number of likely N-dealkylation sites (tertiary alicyclic amines) is 1. The summed E-state index contributed by atoms with van der Waals surface area (Å²) >= 11 is 0. The fourth-order valence-corrected chi connectivity index (χ4v) is 1.16. The summed E-state index contributed by atoms with van der Waals surface area (Å²) in [5.41, 5.74) is 0. The SMILES string of the molecule is OC[C@H](O)N1CCCC1. The highest BCUT2D eigenvalue weighted by atomic mass is 16.3. The van der Waals surface area contributed by atoms with E-state index in [1.54, 1.807) is 0 Å². The average molecular weight is 131 g/mol. The van der Waals surface area contributed by atoms with E-state index in [0.717, 1.165) is 25.9 Å². The smallest absolute Gasteiger partial charge is 0.130 e.